The van der Waals surface area contributed by atoms with Gasteiger partial charge in [-0.05, 0) is 56.8 Å². The first-order valence-electron chi connectivity index (χ1n) is 12.1. The number of hydrogen-bond donors (Lipinski definition) is 6. The minimum Gasteiger partial charge on any atom is -0.510 e. The van der Waals surface area contributed by atoms with Crippen LogP contribution in [-0.2, 0) is 29.0 Å². The number of likely N-dealkylation sites (N-methyl/N-ethyl adjacent to an activating group) is 1. The first kappa shape index (κ1) is 25.9. The number of unbranched alkanes of at least 4 members (excludes halogenated alkanes) is 1. The third kappa shape index (κ3) is 3.47. The number of carbonyl (C=O) groups excluding carboxylic acids is 3. The minimum absolute atomic E-state index is 0.00102. The number of ketones is 2. The van der Waals surface area contributed by atoms with Crippen molar-refractivity contribution in [3.8, 4) is 5.75 Å². The predicted molar refractivity (Wildman–Crippen MR) is 130 cm³/mol. The molecule has 3 aliphatic carbocycles. The molecule has 1 amide bonds. The molecule has 0 fully saturated rings. The van der Waals surface area contributed by atoms with E-state index in [0.29, 0.717) is 17.5 Å². The Bertz CT molecular complexity index is 1230. The molecule has 3 aliphatic rings. The SMILES string of the molecule is CCCCc1cc(CN)c(O)c2c1CC1CC3C(N(C)C)C(O)=C(C(N)=O)C(=O)C3(O)C(O)=C1C2=O. The van der Waals surface area contributed by atoms with Crippen LogP contribution in [0.25, 0.3) is 0 Å². The minimum atomic E-state index is -2.64. The first-order chi connectivity index (χ1) is 16.9. The monoisotopic (exact) mass is 499 g/mol. The number of benzene rings is 1. The Balaban J connectivity index is 1.96. The van der Waals surface area contributed by atoms with Gasteiger partial charge in [-0.3, -0.25) is 19.3 Å². The molecule has 4 rings (SSSR count). The van der Waals surface area contributed by atoms with Crippen molar-refractivity contribution < 1.29 is 34.8 Å². The zero-order valence-electron chi connectivity index (χ0n) is 20.7. The van der Waals surface area contributed by atoms with Gasteiger partial charge >= 0.3 is 0 Å². The van der Waals surface area contributed by atoms with E-state index in [1.807, 2.05) is 13.0 Å². The molecule has 8 N–H and O–H groups in total. The Morgan fingerprint density at radius 1 is 1.19 bits per heavy atom. The summed E-state index contributed by atoms with van der Waals surface area (Å²) in [4.78, 5) is 40.7. The predicted octanol–water partition coefficient (Wildman–Crippen LogP) is 0.922. The zero-order valence-corrected chi connectivity index (χ0v) is 20.7. The number of fused-ring (bicyclic) bond motifs is 3. The van der Waals surface area contributed by atoms with Crippen molar-refractivity contribution in [2.45, 2.75) is 57.2 Å². The highest BCUT2D eigenvalue weighted by Gasteiger charge is 2.63. The summed E-state index contributed by atoms with van der Waals surface area (Å²) in [6, 6.07) is 0.800. The van der Waals surface area contributed by atoms with E-state index in [0.717, 1.165) is 18.4 Å². The van der Waals surface area contributed by atoms with Gasteiger partial charge in [-0.2, -0.15) is 0 Å². The van der Waals surface area contributed by atoms with Gasteiger partial charge in [0.25, 0.3) is 5.91 Å². The van der Waals surface area contributed by atoms with Crippen LogP contribution in [0.5, 0.6) is 5.75 Å². The van der Waals surface area contributed by atoms with Gasteiger partial charge in [0.05, 0.1) is 11.6 Å². The molecule has 36 heavy (non-hydrogen) atoms. The third-order valence-electron chi connectivity index (χ3n) is 7.91. The number of aromatic hydroxyl groups is 1. The van der Waals surface area contributed by atoms with Crippen LogP contribution in [0.2, 0.25) is 0 Å². The van der Waals surface area contributed by atoms with Crippen LogP contribution in [0.3, 0.4) is 0 Å². The molecule has 1 aromatic rings. The summed E-state index contributed by atoms with van der Waals surface area (Å²) < 4.78 is 0. The second kappa shape index (κ2) is 9.02. The average molecular weight is 500 g/mol. The number of allylic oxidation sites excluding steroid dienone is 1. The molecule has 194 valence electrons. The van der Waals surface area contributed by atoms with Gasteiger partial charge in [0, 0.05) is 23.6 Å². The van der Waals surface area contributed by atoms with Crippen molar-refractivity contribution in [1.82, 2.24) is 4.90 Å². The van der Waals surface area contributed by atoms with E-state index in [1.165, 1.54) is 4.90 Å². The number of Topliss-reactive ketones (excluding diaryl/α,β-unsaturated/α-hetero) is 2. The first-order valence-corrected chi connectivity index (χ1v) is 12.1. The number of aliphatic hydroxyl groups excluding tert-OH is 2. The number of carbonyl (C=O) groups is 3. The molecule has 1 aromatic carbocycles. The second-order valence-electron chi connectivity index (χ2n) is 10.2. The van der Waals surface area contributed by atoms with Crippen molar-refractivity contribution in [3.05, 3.63) is 51.0 Å². The molecule has 0 aromatic heterocycles. The Hall–Kier alpha value is -3.21. The number of amides is 1. The molecule has 4 atom stereocenters. The Morgan fingerprint density at radius 3 is 2.42 bits per heavy atom. The van der Waals surface area contributed by atoms with Crippen molar-refractivity contribution in [2.75, 3.05) is 14.1 Å². The number of hydrogen-bond acceptors (Lipinski definition) is 9. The normalized spacial score (nSPS) is 27.8. The molecule has 10 nitrogen and oxygen atoms in total. The van der Waals surface area contributed by atoms with Crippen LogP contribution < -0.4 is 11.5 Å². The average Bonchev–Trinajstić information content (AvgIpc) is 2.80. The summed E-state index contributed by atoms with van der Waals surface area (Å²) in [5.41, 5.74) is 9.50. The van der Waals surface area contributed by atoms with Crippen LogP contribution >= 0.6 is 0 Å². The molecular weight excluding hydrogens is 466 g/mol. The molecule has 0 aliphatic heterocycles. The van der Waals surface area contributed by atoms with Gasteiger partial charge in [-0.15, -0.1) is 0 Å². The summed E-state index contributed by atoms with van der Waals surface area (Å²) in [7, 11) is 3.20. The van der Waals surface area contributed by atoms with Crippen LogP contribution in [0.1, 0.15) is 53.2 Å². The van der Waals surface area contributed by atoms with Crippen LogP contribution in [0, 0.1) is 11.8 Å². The summed E-state index contributed by atoms with van der Waals surface area (Å²) in [5, 5.41) is 44.7. The third-order valence-corrected chi connectivity index (χ3v) is 7.91. The fourth-order valence-electron chi connectivity index (χ4n) is 6.20. The van der Waals surface area contributed by atoms with E-state index >= 15 is 0 Å². The molecule has 0 heterocycles. The number of nitrogens with two attached hydrogens (primary N) is 2. The van der Waals surface area contributed by atoms with Gasteiger partial charge in [-0.25, -0.2) is 0 Å². The van der Waals surface area contributed by atoms with E-state index in [1.54, 1.807) is 14.1 Å². The standard InChI is InChI=1S/C26H33N3O7/c1-4-5-6-11-7-13(10-27)20(30)17-14(11)8-12-9-15-19(29(2)3)22(32)18(25(28)35)24(34)26(15,36)23(33)16(12)21(17)31/h7,12,15,19,30,32-33,36H,4-6,8-10,27H2,1-3H3,(H2,28,35). The number of phenols is 1. The maximum atomic E-state index is 13.8. The quantitative estimate of drug-likeness (QED) is 0.309. The maximum Gasteiger partial charge on any atom is 0.255 e. The van der Waals surface area contributed by atoms with Crippen LogP contribution in [-0.4, -0.2) is 68.5 Å². The second-order valence-corrected chi connectivity index (χ2v) is 10.2. The number of phenolic OH excluding ortho intramolecular Hbond substituents is 1. The topological polar surface area (TPSA) is 187 Å². The Labute approximate surface area is 208 Å². The van der Waals surface area contributed by atoms with Crippen molar-refractivity contribution in [2.24, 2.45) is 23.3 Å². The van der Waals surface area contributed by atoms with E-state index in [4.69, 9.17) is 11.5 Å². The number of aliphatic hydroxyl groups is 3. The number of primary amides is 1. The fraction of sp³-hybridized carbons (Fsp3) is 0.500. The van der Waals surface area contributed by atoms with Gasteiger partial charge < -0.3 is 31.9 Å². The summed E-state index contributed by atoms with van der Waals surface area (Å²) >= 11 is 0. The molecular formula is C26H33N3O7. The summed E-state index contributed by atoms with van der Waals surface area (Å²) in [6.45, 7) is 2.05. The molecule has 0 saturated carbocycles. The van der Waals surface area contributed by atoms with Crippen molar-refractivity contribution in [1.29, 1.82) is 0 Å². The summed E-state index contributed by atoms with van der Waals surface area (Å²) in [6.07, 6.45) is 2.81. The van der Waals surface area contributed by atoms with E-state index in [2.05, 4.69) is 0 Å². The van der Waals surface area contributed by atoms with Gasteiger partial charge in [0.1, 0.15) is 22.8 Å². The Kier molecular flexibility index (Phi) is 6.48. The molecule has 0 saturated heterocycles. The lowest BCUT2D eigenvalue weighted by atomic mass is 9.58. The molecule has 0 radical (unpaired) electrons. The van der Waals surface area contributed by atoms with E-state index in [9.17, 15) is 34.8 Å². The lowest BCUT2D eigenvalue weighted by Crippen LogP contribution is -2.63. The van der Waals surface area contributed by atoms with Gasteiger partial charge in [-0.1, -0.05) is 19.4 Å². The lowest BCUT2D eigenvalue weighted by Gasteiger charge is -2.50. The highest BCUT2D eigenvalue weighted by atomic mass is 16.3. The van der Waals surface area contributed by atoms with Crippen molar-refractivity contribution >= 4 is 17.5 Å². The lowest BCUT2D eigenvalue weighted by molar-refractivity contribution is -0.148. The highest BCUT2D eigenvalue weighted by Crippen LogP contribution is 2.52. The van der Waals surface area contributed by atoms with E-state index in [-0.39, 0.29) is 36.3 Å². The maximum absolute atomic E-state index is 13.8. The van der Waals surface area contributed by atoms with Crippen molar-refractivity contribution in [3.63, 3.8) is 0 Å². The largest absolute Gasteiger partial charge is 0.510 e. The highest BCUT2D eigenvalue weighted by molar-refractivity contribution is 6.24. The van der Waals surface area contributed by atoms with Crippen LogP contribution in [0.4, 0.5) is 0 Å². The summed E-state index contributed by atoms with van der Waals surface area (Å²) in [5.74, 6) is -6.54. The van der Waals surface area contributed by atoms with Gasteiger partial charge in [0.15, 0.2) is 11.4 Å². The fourth-order valence-corrected chi connectivity index (χ4v) is 6.20. The number of aryl methyl sites for hydroxylation is 1. The Morgan fingerprint density at radius 2 is 1.86 bits per heavy atom. The molecule has 0 bridgehead atoms. The van der Waals surface area contributed by atoms with Gasteiger partial charge in [0.2, 0.25) is 5.78 Å². The van der Waals surface area contributed by atoms with Crippen LogP contribution in [0.15, 0.2) is 28.7 Å². The smallest absolute Gasteiger partial charge is 0.255 e. The number of rotatable bonds is 6. The molecule has 0 spiro atoms. The molecule has 10 heteroatoms. The van der Waals surface area contributed by atoms with E-state index < -0.39 is 58.0 Å². The zero-order chi connectivity index (χ0) is 26.7. The number of nitrogens with zero attached hydrogens (tertiary/aromatic N) is 1. The molecule has 4 unspecified atom stereocenters.